The van der Waals surface area contributed by atoms with Gasteiger partial charge in [-0.05, 0) is 34.1 Å². The van der Waals surface area contributed by atoms with Gasteiger partial charge in [0.05, 0.1) is 9.40 Å². The average molecular weight is 349 g/mol. The van der Waals surface area contributed by atoms with Crippen molar-refractivity contribution in [2.45, 2.75) is 0 Å². The van der Waals surface area contributed by atoms with Gasteiger partial charge in [0, 0.05) is 0 Å². The summed E-state index contributed by atoms with van der Waals surface area (Å²) in [6.07, 6.45) is 1.03. The minimum Gasteiger partial charge on any atom is -0.434 e. The lowest BCUT2D eigenvalue weighted by molar-refractivity contribution is -0.386. The van der Waals surface area contributed by atoms with Crippen molar-refractivity contribution in [1.29, 1.82) is 0 Å². The van der Waals surface area contributed by atoms with Crippen LogP contribution in [0.2, 0.25) is 5.15 Å². The number of rotatable bonds is 3. The Kier molecular flexibility index (Phi) is 3.91. The van der Waals surface area contributed by atoms with Gasteiger partial charge < -0.3 is 4.74 Å². The summed E-state index contributed by atoms with van der Waals surface area (Å²) < 4.78 is 18.4. The zero-order valence-corrected chi connectivity index (χ0v) is 11.4. The lowest BCUT2D eigenvalue weighted by atomic mass is 10.3. The third-order valence-electron chi connectivity index (χ3n) is 2.03. The molecule has 0 N–H and O–H groups in total. The number of hydrogen-bond donors (Lipinski definition) is 0. The van der Waals surface area contributed by atoms with E-state index in [1.807, 2.05) is 0 Å². The molecule has 0 radical (unpaired) electrons. The first-order valence-electron chi connectivity index (χ1n) is 4.77. The molecular formula is C10H4BrClFN3O3. The second-order valence-electron chi connectivity index (χ2n) is 3.25. The average Bonchev–Trinajstić information content (AvgIpc) is 2.33. The van der Waals surface area contributed by atoms with E-state index < -0.39 is 16.4 Å². The summed E-state index contributed by atoms with van der Waals surface area (Å²) in [5.74, 6) is -0.628. The number of benzene rings is 1. The second-order valence-corrected chi connectivity index (χ2v) is 4.47. The molecule has 0 atom stereocenters. The summed E-state index contributed by atoms with van der Waals surface area (Å²) in [5, 5.41) is 10.5. The maximum absolute atomic E-state index is 13.1. The van der Waals surface area contributed by atoms with E-state index in [1.165, 1.54) is 12.1 Å². The SMILES string of the molecule is O=[N+]([O-])c1c(Cl)ncnc1Oc1ccc(F)c(Br)c1. The van der Waals surface area contributed by atoms with Crippen molar-refractivity contribution in [3.8, 4) is 11.6 Å². The van der Waals surface area contributed by atoms with Crippen molar-refractivity contribution in [2.24, 2.45) is 0 Å². The smallest absolute Gasteiger partial charge is 0.368 e. The molecule has 9 heteroatoms. The van der Waals surface area contributed by atoms with Crippen LogP contribution < -0.4 is 4.74 Å². The number of nitro groups is 1. The summed E-state index contributed by atoms with van der Waals surface area (Å²) >= 11 is 8.58. The Morgan fingerprint density at radius 3 is 2.79 bits per heavy atom. The molecule has 1 aromatic carbocycles. The normalized spacial score (nSPS) is 10.3. The Labute approximate surface area is 119 Å². The van der Waals surface area contributed by atoms with E-state index in [9.17, 15) is 14.5 Å². The molecule has 1 heterocycles. The summed E-state index contributed by atoms with van der Waals surface area (Å²) in [5.41, 5.74) is -0.551. The van der Waals surface area contributed by atoms with Crippen molar-refractivity contribution in [2.75, 3.05) is 0 Å². The molecule has 2 aromatic rings. The number of aromatic nitrogens is 2. The summed E-state index contributed by atoms with van der Waals surface area (Å²) in [6, 6.07) is 3.77. The van der Waals surface area contributed by atoms with Crippen LogP contribution in [0, 0.1) is 15.9 Å². The predicted molar refractivity (Wildman–Crippen MR) is 67.9 cm³/mol. The van der Waals surface area contributed by atoms with Gasteiger partial charge in [-0.15, -0.1) is 0 Å². The maximum Gasteiger partial charge on any atom is 0.368 e. The summed E-state index contributed by atoms with van der Waals surface area (Å²) in [4.78, 5) is 17.2. The van der Waals surface area contributed by atoms with Gasteiger partial charge in [0.15, 0.2) is 0 Å². The molecule has 0 unspecified atom stereocenters. The van der Waals surface area contributed by atoms with Crippen LogP contribution in [0.4, 0.5) is 10.1 Å². The number of hydrogen-bond acceptors (Lipinski definition) is 5. The first-order valence-corrected chi connectivity index (χ1v) is 5.94. The molecule has 0 saturated heterocycles. The standard InChI is InChI=1S/C10H4BrClFN3O3/c11-6-3-5(1-2-7(6)13)19-10-8(16(17)18)9(12)14-4-15-10/h1-4H. The Morgan fingerprint density at radius 2 is 2.16 bits per heavy atom. The Hall–Kier alpha value is -1.80. The molecule has 0 saturated carbocycles. The van der Waals surface area contributed by atoms with E-state index >= 15 is 0 Å². The number of ether oxygens (including phenoxy) is 1. The molecule has 0 fully saturated rings. The number of halogens is 3. The molecule has 0 aliphatic rings. The zero-order valence-electron chi connectivity index (χ0n) is 9.01. The molecule has 6 nitrogen and oxygen atoms in total. The molecule has 2 rings (SSSR count). The highest BCUT2D eigenvalue weighted by Crippen LogP contribution is 2.34. The van der Waals surface area contributed by atoms with Crippen LogP contribution in [0.15, 0.2) is 29.0 Å². The van der Waals surface area contributed by atoms with Gasteiger partial charge in [0.1, 0.15) is 17.9 Å². The first-order chi connectivity index (χ1) is 8.99. The fourth-order valence-electron chi connectivity index (χ4n) is 1.22. The largest absolute Gasteiger partial charge is 0.434 e. The highest BCUT2D eigenvalue weighted by molar-refractivity contribution is 9.10. The van der Waals surface area contributed by atoms with Crippen LogP contribution in [-0.2, 0) is 0 Å². The monoisotopic (exact) mass is 347 g/mol. The highest BCUT2D eigenvalue weighted by atomic mass is 79.9. The van der Waals surface area contributed by atoms with Gasteiger partial charge >= 0.3 is 11.6 Å². The van der Waals surface area contributed by atoms with Gasteiger partial charge in [-0.1, -0.05) is 11.6 Å². The summed E-state index contributed by atoms with van der Waals surface area (Å²) in [6.45, 7) is 0. The molecule has 1 aromatic heterocycles. The van der Waals surface area contributed by atoms with Gasteiger partial charge in [0.25, 0.3) is 0 Å². The Balaban J connectivity index is 2.40. The molecule has 0 amide bonds. The Bertz CT molecular complexity index is 656. The van der Waals surface area contributed by atoms with Crippen LogP contribution in [-0.4, -0.2) is 14.9 Å². The van der Waals surface area contributed by atoms with E-state index in [0.29, 0.717) is 0 Å². The van der Waals surface area contributed by atoms with Gasteiger partial charge in [-0.2, -0.15) is 4.98 Å². The maximum atomic E-state index is 13.1. The minimum absolute atomic E-state index is 0.160. The van der Waals surface area contributed by atoms with Crippen molar-refractivity contribution in [3.63, 3.8) is 0 Å². The van der Waals surface area contributed by atoms with E-state index in [0.717, 1.165) is 12.4 Å². The molecular weight excluding hydrogens is 344 g/mol. The van der Waals surface area contributed by atoms with E-state index in [1.54, 1.807) is 0 Å². The van der Waals surface area contributed by atoms with Crippen LogP contribution in [0.3, 0.4) is 0 Å². The lowest BCUT2D eigenvalue weighted by Gasteiger charge is -2.06. The third kappa shape index (κ3) is 2.96. The predicted octanol–water partition coefficient (Wildman–Crippen LogP) is 3.73. The topological polar surface area (TPSA) is 78.2 Å². The minimum atomic E-state index is -0.754. The molecule has 0 bridgehead atoms. The molecule has 0 aliphatic heterocycles. The van der Waals surface area contributed by atoms with E-state index in [-0.39, 0.29) is 21.3 Å². The molecule has 0 spiro atoms. The van der Waals surface area contributed by atoms with Gasteiger partial charge in [0.2, 0.25) is 5.15 Å². The van der Waals surface area contributed by atoms with E-state index in [4.69, 9.17) is 16.3 Å². The lowest BCUT2D eigenvalue weighted by Crippen LogP contribution is -1.98. The number of nitrogens with zero attached hydrogens (tertiary/aromatic N) is 3. The van der Waals surface area contributed by atoms with Crippen molar-refractivity contribution in [1.82, 2.24) is 9.97 Å². The molecule has 19 heavy (non-hydrogen) atoms. The van der Waals surface area contributed by atoms with Gasteiger partial charge in [-0.3, -0.25) is 10.1 Å². The first kappa shape index (κ1) is 13.6. The second kappa shape index (κ2) is 5.45. The fraction of sp³-hybridized carbons (Fsp3) is 0. The third-order valence-corrected chi connectivity index (χ3v) is 2.92. The van der Waals surface area contributed by atoms with Crippen LogP contribution >= 0.6 is 27.5 Å². The van der Waals surface area contributed by atoms with Crippen molar-refractivity contribution >= 4 is 33.2 Å². The molecule has 98 valence electrons. The quantitative estimate of drug-likeness (QED) is 0.480. The Morgan fingerprint density at radius 1 is 1.42 bits per heavy atom. The van der Waals surface area contributed by atoms with Crippen LogP contribution in [0.25, 0.3) is 0 Å². The van der Waals surface area contributed by atoms with Crippen molar-refractivity contribution < 1.29 is 14.1 Å². The molecule has 0 aliphatic carbocycles. The van der Waals surface area contributed by atoms with Crippen molar-refractivity contribution in [3.05, 3.63) is 50.1 Å². The van der Waals surface area contributed by atoms with Crippen LogP contribution in [0.1, 0.15) is 0 Å². The van der Waals surface area contributed by atoms with Crippen LogP contribution in [0.5, 0.6) is 11.6 Å². The summed E-state index contributed by atoms with van der Waals surface area (Å²) in [7, 11) is 0. The zero-order chi connectivity index (χ0) is 14.0. The highest BCUT2D eigenvalue weighted by Gasteiger charge is 2.23. The fourth-order valence-corrected chi connectivity index (χ4v) is 1.77. The van der Waals surface area contributed by atoms with E-state index in [2.05, 4.69) is 25.9 Å². The van der Waals surface area contributed by atoms with Gasteiger partial charge in [-0.25, -0.2) is 9.37 Å².